The van der Waals surface area contributed by atoms with E-state index in [1.807, 2.05) is 0 Å². The second kappa shape index (κ2) is 6.14. The second-order valence-electron chi connectivity index (χ2n) is 5.10. The first-order valence-corrected chi connectivity index (χ1v) is 9.99. The number of hydrogen-bond donors (Lipinski definition) is 0. The van der Waals surface area contributed by atoms with Crippen molar-refractivity contribution in [2.45, 2.75) is 9.96 Å². The zero-order chi connectivity index (χ0) is 18.6. The number of halogens is 4. The summed E-state index contributed by atoms with van der Waals surface area (Å²) in [5.41, 5.74) is 0.486. The fourth-order valence-electron chi connectivity index (χ4n) is 2.45. The molecule has 10 heteroatoms. The minimum atomic E-state index is -4.16. The Labute approximate surface area is 161 Å². The summed E-state index contributed by atoms with van der Waals surface area (Å²) in [5, 5.41) is -2.72. The molecule has 0 N–H and O–H groups in total. The van der Waals surface area contributed by atoms with E-state index in [0.29, 0.717) is 0 Å². The molecule has 1 aliphatic rings. The van der Waals surface area contributed by atoms with Gasteiger partial charge in [-0.1, -0.05) is 29.3 Å². The summed E-state index contributed by atoms with van der Waals surface area (Å²) in [6, 6.07) is 7.78. The van der Waals surface area contributed by atoms with Gasteiger partial charge in [-0.05, 0) is 41.9 Å². The normalized spacial score (nSPS) is 19.4. The van der Waals surface area contributed by atoms with Crippen LogP contribution in [0.3, 0.4) is 0 Å². The van der Waals surface area contributed by atoms with Gasteiger partial charge in [0.25, 0.3) is 14.3 Å². The molecule has 2 aromatic rings. The molecule has 2 aromatic carbocycles. The molecule has 0 saturated carbocycles. The van der Waals surface area contributed by atoms with Crippen molar-refractivity contribution in [2.75, 3.05) is 0 Å². The molecule has 0 saturated heterocycles. The average Bonchev–Trinajstić information content (AvgIpc) is 2.78. The molecule has 0 radical (unpaired) electrons. The summed E-state index contributed by atoms with van der Waals surface area (Å²) in [5.74, 6) is -0.733. The number of hydrogen-bond acceptors (Lipinski definition) is 5. The Morgan fingerprint density at radius 2 is 1.80 bits per heavy atom. The first kappa shape index (κ1) is 18.5. The Morgan fingerprint density at radius 1 is 1.12 bits per heavy atom. The second-order valence-corrected chi connectivity index (χ2v) is 8.92. The van der Waals surface area contributed by atoms with Gasteiger partial charge in [-0.2, -0.15) is 0 Å². The summed E-state index contributed by atoms with van der Waals surface area (Å²) < 4.78 is 28.5. The minimum absolute atomic E-state index is 0.0999. The zero-order valence-corrected chi connectivity index (χ0v) is 15.8. The van der Waals surface area contributed by atoms with Crippen LogP contribution in [-0.2, 0) is 18.8 Å². The summed E-state index contributed by atoms with van der Waals surface area (Å²) in [6.07, 6.45) is 0. The van der Waals surface area contributed by atoms with Crippen LogP contribution < -0.4 is 0 Å². The van der Waals surface area contributed by atoms with Gasteiger partial charge in [-0.3, -0.25) is 4.79 Å². The molecular formula is C15H6Cl4O5S. The van der Waals surface area contributed by atoms with Crippen LogP contribution in [0.1, 0.15) is 31.8 Å². The highest BCUT2D eigenvalue weighted by molar-refractivity contribution is 8.13. The smallest absolute Gasteiger partial charge is 0.340 e. The maximum absolute atomic E-state index is 12.1. The van der Waals surface area contributed by atoms with E-state index in [-0.39, 0.29) is 32.2 Å². The fourth-order valence-corrected chi connectivity index (χ4v) is 4.41. The van der Waals surface area contributed by atoms with E-state index in [4.69, 9.17) is 50.2 Å². The van der Waals surface area contributed by atoms with Crippen molar-refractivity contribution >= 4 is 65.7 Å². The van der Waals surface area contributed by atoms with Gasteiger partial charge in [0.1, 0.15) is 4.90 Å². The van der Waals surface area contributed by atoms with Crippen LogP contribution in [0.4, 0.5) is 0 Å². The number of benzene rings is 2. The van der Waals surface area contributed by atoms with Crippen LogP contribution in [0, 0.1) is 0 Å². The first-order valence-electron chi connectivity index (χ1n) is 6.55. The standard InChI is InChI=1S/C15H6Cl4O5S/c16-11-4-2-8(6-12(11)25(19,22)23)15(18)10-5-7(13(17)20)1-3-9(10)14(21)24-15/h1-6H. The number of fused-ring (bicyclic) bond motifs is 1. The number of esters is 1. The van der Waals surface area contributed by atoms with Gasteiger partial charge in [0.15, 0.2) is 0 Å². The number of carbonyl (C=O) groups excluding carboxylic acids is 2. The van der Waals surface area contributed by atoms with E-state index in [2.05, 4.69) is 0 Å². The van der Waals surface area contributed by atoms with E-state index >= 15 is 0 Å². The highest BCUT2D eigenvalue weighted by Crippen LogP contribution is 2.46. The van der Waals surface area contributed by atoms with Crippen molar-refractivity contribution in [1.29, 1.82) is 0 Å². The molecule has 1 atom stereocenters. The molecule has 0 aliphatic carbocycles. The predicted octanol–water partition coefficient (Wildman–Crippen LogP) is 4.26. The number of rotatable bonds is 3. The molecular weight excluding hydrogens is 434 g/mol. The Morgan fingerprint density at radius 3 is 2.40 bits per heavy atom. The summed E-state index contributed by atoms with van der Waals surface area (Å²) in [4.78, 5) is 23.1. The number of carbonyl (C=O) groups is 2. The number of alkyl halides is 1. The molecule has 0 bridgehead atoms. The highest BCUT2D eigenvalue weighted by atomic mass is 35.7. The lowest BCUT2D eigenvalue weighted by Gasteiger charge is -2.22. The summed E-state index contributed by atoms with van der Waals surface area (Å²) in [6.45, 7) is 0. The van der Waals surface area contributed by atoms with Crippen LogP contribution in [0.5, 0.6) is 0 Å². The quantitative estimate of drug-likeness (QED) is 0.405. The first-order chi connectivity index (χ1) is 11.5. The average molecular weight is 440 g/mol. The molecule has 0 amide bonds. The molecule has 0 aromatic heterocycles. The van der Waals surface area contributed by atoms with Gasteiger partial charge < -0.3 is 4.74 Å². The van der Waals surface area contributed by atoms with Gasteiger partial charge >= 0.3 is 5.97 Å². The van der Waals surface area contributed by atoms with Crippen LogP contribution >= 0.6 is 45.5 Å². The van der Waals surface area contributed by atoms with Crippen molar-refractivity contribution in [1.82, 2.24) is 0 Å². The van der Waals surface area contributed by atoms with Crippen LogP contribution in [-0.4, -0.2) is 19.6 Å². The third-order valence-electron chi connectivity index (χ3n) is 3.61. The van der Waals surface area contributed by atoms with Crippen LogP contribution in [0.15, 0.2) is 41.3 Å². The molecule has 130 valence electrons. The van der Waals surface area contributed by atoms with Crippen molar-refractivity contribution in [3.05, 3.63) is 63.7 Å². The minimum Gasteiger partial charge on any atom is -0.431 e. The predicted molar refractivity (Wildman–Crippen MR) is 93.2 cm³/mol. The Balaban J connectivity index is 2.25. The highest BCUT2D eigenvalue weighted by Gasteiger charge is 2.46. The lowest BCUT2D eigenvalue weighted by atomic mass is 9.97. The van der Waals surface area contributed by atoms with Crippen LogP contribution in [0.25, 0.3) is 0 Å². The number of cyclic esters (lactones) is 1. The third-order valence-corrected chi connectivity index (χ3v) is 6.13. The van der Waals surface area contributed by atoms with Crippen molar-refractivity contribution in [2.24, 2.45) is 0 Å². The summed E-state index contributed by atoms with van der Waals surface area (Å²) >= 11 is 17.8. The largest absolute Gasteiger partial charge is 0.431 e. The number of ether oxygens (including phenoxy) is 1. The van der Waals surface area contributed by atoms with Gasteiger partial charge in [0.2, 0.25) is 5.06 Å². The zero-order valence-electron chi connectivity index (χ0n) is 11.9. The Bertz CT molecular complexity index is 1030. The van der Waals surface area contributed by atoms with Gasteiger partial charge in [-0.15, -0.1) is 0 Å². The van der Waals surface area contributed by atoms with Crippen molar-refractivity contribution in [3.63, 3.8) is 0 Å². The van der Waals surface area contributed by atoms with Crippen molar-refractivity contribution < 1.29 is 22.7 Å². The van der Waals surface area contributed by atoms with Gasteiger partial charge in [-0.25, -0.2) is 13.2 Å². The third kappa shape index (κ3) is 3.13. The molecule has 1 unspecified atom stereocenters. The Kier molecular flexibility index (Phi) is 4.54. The molecule has 0 spiro atoms. The van der Waals surface area contributed by atoms with Gasteiger partial charge in [0, 0.05) is 27.4 Å². The van der Waals surface area contributed by atoms with E-state index in [1.54, 1.807) is 0 Å². The Hall–Kier alpha value is -1.31. The fraction of sp³-hybridized carbons (Fsp3) is 0.0667. The van der Waals surface area contributed by atoms with E-state index in [0.717, 1.165) is 6.07 Å². The molecule has 5 nitrogen and oxygen atoms in total. The van der Waals surface area contributed by atoms with E-state index in [9.17, 15) is 18.0 Å². The molecule has 0 fully saturated rings. The lowest BCUT2D eigenvalue weighted by Crippen LogP contribution is -2.21. The SMILES string of the molecule is O=C(Cl)c1ccc2c(c1)C(Cl)(c1ccc(Cl)c(S(=O)(=O)Cl)c1)OC2=O. The molecule has 1 heterocycles. The van der Waals surface area contributed by atoms with Crippen LogP contribution in [0.2, 0.25) is 5.02 Å². The molecule has 25 heavy (non-hydrogen) atoms. The summed E-state index contributed by atoms with van der Waals surface area (Å²) in [7, 11) is 1.20. The maximum Gasteiger partial charge on any atom is 0.340 e. The van der Waals surface area contributed by atoms with E-state index in [1.165, 1.54) is 30.3 Å². The molecule has 1 aliphatic heterocycles. The molecule has 3 rings (SSSR count). The van der Waals surface area contributed by atoms with Gasteiger partial charge in [0.05, 0.1) is 10.6 Å². The van der Waals surface area contributed by atoms with E-state index < -0.39 is 25.3 Å². The van der Waals surface area contributed by atoms with Crippen molar-refractivity contribution in [3.8, 4) is 0 Å². The lowest BCUT2D eigenvalue weighted by molar-refractivity contribution is 0.0366. The monoisotopic (exact) mass is 438 g/mol. The topological polar surface area (TPSA) is 77.5 Å². The maximum atomic E-state index is 12.1.